The van der Waals surface area contributed by atoms with Crippen LogP contribution in [0.1, 0.15) is 80.1 Å². The van der Waals surface area contributed by atoms with E-state index in [4.69, 9.17) is 0 Å². The van der Waals surface area contributed by atoms with Gasteiger partial charge in [-0.25, -0.2) is 0 Å². The van der Waals surface area contributed by atoms with Crippen molar-refractivity contribution in [2.24, 2.45) is 17.8 Å². The van der Waals surface area contributed by atoms with Crippen molar-refractivity contribution in [3.63, 3.8) is 0 Å². The Kier molecular flexibility index (Phi) is 10.5. The maximum atomic E-state index is 2.69. The van der Waals surface area contributed by atoms with Gasteiger partial charge in [-0.05, 0) is 44.6 Å². The van der Waals surface area contributed by atoms with Crippen LogP contribution in [0.25, 0.3) is 0 Å². The minimum absolute atomic E-state index is 0.714. The van der Waals surface area contributed by atoms with Gasteiger partial charge in [-0.2, -0.15) is 0 Å². The van der Waals surface area contributed by atoms with E-state index in [0.29, 0.717) is 6.04 Å². The summed E-state index contributed by atoms with van der Waals surface area (Å²) in [5.74, 6) is 2.73. The fourth-order valence-corrected chi connectivity index (χ4v) is 3.92. The van der Waals surface area contributed by atoms with E-state index >= 15 is 0 Å². The molecule has 1 heterocycles. The SMILES string of the molecule is CCCC(CC)CCC(C)C(C)CCN1CCN(C(C)C)CC1. The molecule has 0 aliphatic carbocycles. The summed E-state index contributed by atoms with van der Waals surface area (Å²) in [6.07, 6.45) is 8.41. The third kappa shape index (κ3) is 8.03. The molecule has 1 aliphatic heterocycles. The summed E-state index contributed by atoms with van der Waals surface area (Å²) >= 11 is 0. The van der Waals surface area contributed by atoms with Crippen LogP contribution in [0.5, 0.6) is 0 Å². The van der Waals surface area contributed by atoms with Crippen LogP contribution in [0, 0.1) is 17.8 Å². The molecular formula is C21H44N2. The molecule has 23 heavy (non-hydrogen) atoms. The largest absolute Gasteiger partial charge is 0.301 e. The number of hydrogen-bond acceptors (Lipinski definition) is 2. The van der Waals surface area contributed by atoms with Gasteiger partial charge < -0.3 is 4.90 Å². The number of piperazine rings is 1. The molecule has 2 heteroatoms. The average molecular weight is 325 g/mol. The van der Waals surface area contributed by atoms with E-state index in [2.05, 4.69) is 51.3 Å². The van der Waals surface area contributed by atoms with Crippen LogP contribution < -0.4 is 0 Å². The smallest absolute Gasteiger partial charge is 0.0113 e. The molecule has 2 nitrogen and oxygen atoms in total. The van der Waals surface area contributed by atoms with Crippen molar-refractivity contribution >= 4 is 0 Å². The standard InChI is InChI=1S/C21H44N2/c1-7-9-21(8-2)11-10-19(5)20(6)12-13-22-14-16-23(17-15-22)18(3)4/h18-21H,7-17H2,1-6H3. The van der Waals surface area contributed by atoms with Crippen molar-refractivity contribution in [2.45, 2.75) is 86.1 Å². The van der Waals surface area contributed by atoms with E-state index in [0.717, 1.165) is 17.8 Å². The Morgan fingerprint density at radius 3 is 1.87 bits per heavy atom. The van der Waals surface area contributed by atoms with Crippen LogP contribution in [-0.2, 0) is 0 Å². The molecule has 3 atom stereocenters. The molecule has 0 saturated carbocycles. The van der Waals surface area contributed by atoms with Crippen LogP contribution in [0.15, 0.2) is 0 Å². The van der Waals surface area contributed by atoms with Crippen LogP contribution in [0.4, 0.5) is 0 Å². The quantitative estimate of drug-likeness (QED) is 0.510. The second-order valence-corrected chi connectivity index (χ2v) is 8.35. The molecule has 3 unspecified atom stereocenters. The van der Waals surface area contributed by atoms with Crippen molar-refractivity contribution in [1.29, 1.82) is 0 Å². The molecule has 1 aliphatic rings. The van der Waals surface area contributed by atoms with Gasteiger partial charge in [0.15, 0.2) is 0 Å². The van der Waals surface area contributed by atoms with Gasteiger partial charge in [-0.3, -0.25) is 4.90 Å². The van der Waals surface area contributed by atoms with E-state index in [1.807, 2.05) is 0 Å². The Morgan fingerprint density at radius 2 is 1.35 bits per heavy atom. The van der Waals surface area contributed by atoms with Crippen molar-refractivity contribution in [3.8, 4) is 0 Å². The Hall–Kier alpha value is -0.0800. The van der Waals surface area contributed by atoms with Gasteiger partial charge in [0.25, 0.3) is 0 Å². The molecule has 0 aromatic heterocycles. The van der Waals surface area contributed by atoms with Crippen LogP contribution in [-0.4, -0.2) is 48.6 Å². The molecule has 138 valence electrons. The lowest BCUT2D eigenvalue weighted by atomic mass is 9.84. The highest BCUT2D eigenvalue weighted by molar-refractivity contribution is 4.75. The molecule has 0 spiro atoms. The summed E-state index contributed by atoms with van der Waals surface area (Å²) in [7, 11) is 0. The minimum atomic E-state index is 0.714. The summed E-state index contributed by atoms with van der Waals surface area (Å²) in [6, 6.07) is 0.714. The average Bonchev–Trinajstić information content (AvgIpc) is 2.56. The first-order valence-electron chi connectivity index (χ1n) is 10.4. The molecule has 0 amide bonds. The Morgan fingerprint density at radius 1 is 0.739 bits per heavy atom. The summed E-state index contributed by atoms with van der Waals surface area (Å²) < 4.78 is 0. The van der Waals surface area contributed by atoms with Gasteiger partial charge in [-0.1, -0.05) is 59.8 Å². The summed E-state index contributed by atoms with van der Waals surface area (Å²) in [5.41, 5.74) is 0. The van der Waals surface area contributed by atoms with Gasteiger partial charge in [0.1, 0.15) is 0 Å². The summed E-state index contributed by atoms with van der Waals surface area (Å²) in [4.78, 5) is 5.30. The predicted octanol–water partition coefficient (Wildman–Crippen LogP) is 5.28. The zero-order valence-electron chi connectivity index (χ0n) is 17.0. The van der Waals surface area contributed by atoms with Gasteiger partial charge in [0.2, 0.25) is 0 Å². The third-order valence-corrected chi connectivity index (χ3v) is 6.31. The highest BCUT2D eigenvalue weighted by Crippen LogP contribution is 2.26. The maximum absolute atomic E-state index is 2.69. The minimum Gasteiger partial charge on any atom is -0.301 e. The van der Waals surface area contributed by atoms with Crippen molar-refractivity contribution in [2.75, 3.05) is 32.7 Å². The van der Waals surface area contributed by atoms with E-state index in [1.54, 1.807) is 0 Å². The normalized spacial score (nSPS) is 21.5. The molecule has 0 aromatic carbocycles. The number of hydrogen-bond donors (Lipinski definition) is 0. The van der Waals surface area contributed by atoms with E-state index in [1.165, 1.54) is 71.2 Å². The lowest BCUT2D eigenvalue weighted by molar-refractivity contribution is 0.102. The second kappa shape index (κ2) is 11.5. The first-order valence-corrected chi connectivity index (χ1v) is 10.4. The zero-order valence-corrected chi connectivity index (χ0v) is 17.0. The van der Waals surface area contributed by atoms with Gasteiger partial charge >= 0.3 is 0 Å². The van der Waals surface area contributed by atoms with Gasteiger partial charge in [0.05, 0.1) is 0 Å². The van der Waals surface area contributed by atoms with Crippen molar-refractivity contribution in [1.82, 2.24) is 9.80 Å². The highest BCUT2D eigenvalue weighted by Gasteiger charge is 2.20. The molecule has 1 fully saturated rings. The predicted molar refractivity (Wildman–Crippen MR) is 104 cm³/mol. The fourth-order valence-electron chi connectivity index (χ4n) is 3.92. The lowest BCUT2D eigenvalue weighted by Crippen LogP contribution is -2.49. The van der Waals surface area contributed by atoms with Crippen LogP contribution in [0.3, 0.4) is 0 Å². The Bertz CT molecular complexity index is 282. The molecule has 1 rings (SSSR count). The maximum Gasteiger partial charge on any atom is 0.0113 e. The van der Waals surface area contributed by atoms with Crippen LogP contribution in [0.2, 0.25) is 0 Å². The third-order valence-electron chi connectivity index (χ3n) is 6.31. The van der Waals surface area contributed by atoms with E-state index < -0.39 is 0 Å². The monoisotopic (exact) mass is 324 g/mol. The molecule has 1 saturated heterocycles. The van der Waals surface area contributed by atoms with Crippen molar-refractivity contribution < 1.29 is 0 Å². The first-order chi connectivity index (χ1) is 11.0. The van der Waals surface area contributed by atoms with Gasteiger partial charge in [-0.15, -0.1) is 0 Å². The lowest BCUT2D eigenvalue weighted by Gasteiger charge is -2.37. The summed E-state index contributed by atoms with van der Waals surface area (Å²) in [6.45, 7) is 20.7. The molecule has 0 aromatic rings. The van der Waals surface area contributed by atoms with E-state index in [9.17, 15) is 0 Å². The molecule has 0 radical (unpaired) electrons. The summed E-state index contributed by atoms with van der Waals surface area (Å²) in [5, 5.41) is 0. The van der Waals surface area contributed by atoms with Gasteiger partial charge in [0, 0.05) is 32.2 Å². The van der Waals surface area contributed by atoms with Crippen molar-refractivity contribution in [3.05, 3.63) is 0 Å². The molecular weight excluding hydrogens is 280 g/mol. The number of nitrogens with zero attached hydrogens (tertiary/aromatic N) is 2. The molecule has 0 bridgehead atoms. The highest BCUT2D eigenvalue weighted by atomic mass is 15.3. The molecule has 0 N–H and O–H groups in total. The Balaban J connectivity index is 2.19. The number of rotatable bonds is 11. The topological polar surface area (TPSA) is 6.48 Å². The van der Waals surface area contributed by atoms with Crippen LogP contribution >= 0.6 is 0 Å². The second-order valence-electron chi connectivity index (χ2n) is 8.35. The van der Waals surface area contributed by atoms with E-state index in [-0.39, 0.29) is 0 Å². The Labute approximate surface area is 147 Å². The fraction of sp³-hybridized carbons (Fsp3) is 1.00. The zero-order chi connectivity index (χ0) is 17.2. The first kappa shape index (κ1) is 21.0.